The molecular weight excluding hydrogens is 372 g/mol. The highest BCUT2D eigenvalue weighted by atomic mass is 16.5. The molecule has 1 aromatic rings. The maximum absolute atomic E-state index is 8.91. The SMILES string of the molecule is C=CC(CO)COCc1ccccc1.CC.OCC1CCC(C(CO)CO)OC1.[2HH]. The number of aliphatic hydroxyl groups excluding tert-OH is 4. The lowest BCUT2D eigenvalue weighted by atomic mass is 9.92. The van der Waals surface area contributed by atoms with Crippen molar-refractivity contribution >= 4 is 0 Å². The lowest BCUT2D eigenvalue weighted by Gasteiger charge is -2.31. The van der Waals surface area contributed by atoms with Gasteiger partial charge in [0.05, 0.1) is 45.7 Å². The van der Waals surface area contributed by atoms with Gasteiger partial charge < -0.3 is 29.9 Å². The highest BCUT2D eigenvalue weighted by Gasteiger charge is 2.27. The van der Waals surface area contributed by atoms with Crippen LogP contribution in [-0.4, -0.2) is 66.2 Å². The van der Waals surface area contributed by atoms with Gasteiger partial charge >= 0.3 is 0 Å². The third-order valence-corrected chi connectivity index (χ3v) is 4.67. The molecular formula is C23H42O6. The molecule has 1 aliphatic heterocycles. The Morgan fingerprint density at radius 3 is 2.21 bits per heavy atom. The van der Waals surface area contributed by atoms with Crippen LogP contribution in [0, 0.1) is 17.8 Å². The molecule has 2 rings (SSSR count). The smallest absolute Gasteiger partial charge is 0.0717 e. The van der Waals surface area contributed by atoms with Crippen LogP contribution in [0.1, 0.15) is 33.7 Å². The van der Waals surface area contributed by atoms with Gasteiger partial charge in [-0.2, -0.15) is 0 Å². The molecule has 6 heteroatoms. The van der Waals surface area contributed by atoms with E-state index in [1.165, 1.54) is 0 Å². The Morgan fingerprint density at radius 1 is 1.10 bits per heavy atom. The van der Waals surface area contributed by atoms with E-state index in [1.54, 1.807) is 6.08 Å². The minimum atomic E-state index is -0.167. The van der Waals surface area contributed by atoms with Crippen LogP contribution in [0.4, 0.5) is 0 Å². The van der Waals surface area contributed by atoms with Crippen molar-refractivity contribution in [3.63, 3.8) is 0 Å². The lowest BCUT2D eigenvalue weighted by Crippen LogP contribution is -2.36. The van der Waals surface area contributed by atoms with E-state index in [2.05, 4.69) is 6.58 Å². The molecule has 0 radical (unpaired) electrons. The monoisotopic (exact) mass is 415 g/mol. The molecule has 0 saturated carbocycles. The van der Waals surface area contributed by atoms with Crippen LogP contribution in [0.2, 0.25) is 0 Å². The molecule has 0 aliphatic carbocycles. The van der Waals surface area contributed by atoms with Gasteiger partial charge in [0.1, 0.15) is 0 Å². The predicted molar refractivity (Wildman–Crippen MR) is 118 cm³/mol. The van der Waals surface area contributed by atoms with E-state index in [0.29, 0.717) is 19.8 Å². The Balaban J connectivity index is 0. The molecule has 1 aromatic carbocycles. The van der Waals surface area contributed by atoms with E-state index in [1.807, 2.05) is 44.2 Å². The fourth-order valence-corrected chi connectivity index (χ4v) is 2.73. The molecule has 1 aliphatic rings. The van der Waals surface area contributed by atoms with Crippen LogP contribution in [0.3, 0.4) is 0 Å². The van der Waals surface area contributed by atoms with Gasteiger partial charge in [-0.3, -0.25) is 0 Å². The third kappa shape index (κ3) is 12.1. The molecule has 0 bridgehead atoms. The first-order chi connectivity index (χ1) is 14.2. The minimum absolute atomic E-state index is 0. The van der Waals surface area contributed by atoms with E-state index in [0.717, 1.165) is 18.4 Å². The summed E-state index contributed by atoms with van der Waals surface area (Å²) in [6.45, 7) is 9.45. The van der Waals surface area contributed by atoms with Gasteiger partial charge in [0, 0.05) is 25.8 Å². The van der Waals surface area contributed by atoms with Crippen molar-refractivity contribution in [2.24, 2.45) is 17.8 Å². The van der Waals surface area contributed by atoms with Crippen molar-refractivity contribution in [3.8, 4) is 0 Å². The van der Waals surface area contributed by atoms with Crippen LogP contribution in [-0.2, 0) is 16.1 Å². The average molecular weight is 416 g/mol. The summed E-state index contributed by atoms with van der Waals surface area (Å²) in [7, 11) is 0. The Bertz CT molecular complexity index is 476. The lowest BCUT2D eigenvalue weighted by molar-refractivity contribution is -0.0784. The van der Waals surface area contributed by atoms with Crippen molar-refractivity contribution in [2.45, 2.75) is 39.4 Å². The van der Waals surface area contributed by atoms with Gasteiger partial charge in [0.15, 0.2) is 0 Å². The van der Waals surface area contributed by atoms with Crippen molar-refractivity contribution in [1.82, 2.24) is 0 Å². The molecule has 3 atom stereocenters. The first kappa shape index (κ1) is 27.7. The van der Waals surface area contributed by atoms with Gasteiger partial charge in [-0.25, -0.2) is 0 Å². The molecule has 1 saturated heterocycles. The van der Waals surface area contributed by atoms with Crippen molar-refractivity contribution in [3.05, 3.63) is 48.6 Å². The normalized spacial score (nSPS) is 19.4. The zero-order chi connectivity index (χ0) is 21.9. The van der Waals surface area contributed by atoms with E-state index in [-0.39, 0.29) is 51.7 Å². The van der Waals surface area contributed by atoms with Crippen LogP contribution >= 0.6 is 0 Å². The van der Waals surface area contributed by atoms with E-state index >= 15 is 0 Å². The van der Waals surface area contributed by atoms with Crippen molar-refractivity contribution < 1.29 is 31.3 Å². The average Bonchev–Trinajstić information content (AvgIpc) is 2.80. The Labute approximate surface area is 177 Å². The topological polar surface area (TPSA) is 99.4 Å². The fraction of sp³-hybridized carbons (Fsp3) is 0.652. The summed E-state index contributed by atoms with van der Waals surface area (Å²) in [6, 6.07) is 9.97. The van der Waals surface area contributed by atoms with Gasteiger partial charge in [-0.05, 0) is 18.4 Å². The maximum atomic E-state index is 8.91. The van der Waals surface area contributed by atoms with Gasteiger partial charge in [0.2, 0.25) is 0 Å². The Hall–Kier alpha value is -1.28. The molecule has 1 heterocycles. The first-order valence-electron chi connectivity index (χ1n) is 10.5. The quantitative estimate of drug-likeness (QED) is 0.439. The molecule has 6 nitrogen and oxygen atoms in total. The highest BCUT2D eigenvalue weighted by Crippen LogP contribution is 2.23. The number of ether oxygens (including phenoxy) is 2. The summed E-state index contributed by atoms with van der Waals surface area (Å²) in [5.41, 5.74) is 1.15. The number of aliphatic hydroxyl groups is 4. The second-order valence-corrected chi connectivity index (χ2v) is 6.80. The van der Waals surface area contributed by atoms with Gasteiger partial charge in [0.25, 0.3) is 0 Å². The molecule has 3 unspecified atom stereocenters. The van der Waals surface area contributed by atoms with Crippen LogP contribution < -0.4 is 0 Å². The second kappa shape index (κ2) is 18.7. The van der Waals surface area contributed by atoms with E-state index in [9.17, 15) is 0 Å². The summed E-state index contributed by atoms with van der Waals surface area (Å²) in [4.78, 5) is 0. The van der Waals surface area contributed by atoms with Gasteiger partial charge in [-0.1, -0.05) is 50.3 Å². The van der Waals surface area contributed by atoms with Gasteiger partial charge in [-0.15, -0.1) is 6.58 Å². The van der Waals surface area contributed by atoms with E-state index in [4.69, 9.17) is 29.9 Å². The Kier molecular flexibility index (Phi) is 17.9. The number of benzene rings is 1. The summed E-state index contributed by atoms with van der Waals surface area (Å²) in [5.74, 6) is 0.104. The largest absolute Gasteiger partial charge is 0.396 e. The summed E-state index contributed by atoms with van der Waals surface area (Å²) in [5, 5.41) is 35.5. The fourth-order valence-electron chi connectivity index (χ4n) is 2.73. The van der Waals surface area contributed by atoms with Crippen LogP contribution in [0.25, 0.3) is 0 Å². The summed E-state index contributed by atoms with van der Waals surface area (Å²) >= 11 is 0. The summed E-state index contributed by atoms with van der Waals surface area (Å²) in [6.07, 6.45) is 3.40. The molecule has 1 fully saturated rings. The predicted octanol–water partition coefficient (Wildman–Crippen LogP) is 2.64. The molecule has 0 amide bonds. The minimum Gasteiger partial charge on any atom is -0.396 e. The number of hydrogen-bond donors (Lipinski definition) is 4. The molecule has 170 valence electrons. The van der Waals surface area contributed by atoms with Crippen molar-refractivity contribution in [1.29, 1.82) is 0 Å². The van der Waals surface area contributed by atoms with Crippen molar-refractivity contribution in [2.75, 3.05) is 39.6 Å². The van der Waals surface area contributed by atoms with E-state index < -0.39 is 0 Å². The second-order valence-electron chi connectivity index (χ2n) is 6.80. The van der Waals surface area contributed by atoms with Crippen LogP contribution in [0.15, 0.2) is 43.0 Å². The molecule has 29 heavy (non-hydrogen) atoms. The summed E-state index contributed by atoms with van der Waals surface area (Å²) < 4.78 is 10.9. The number of rotatable bonds is 10. The third-order valence-electron chi connectivity index (χ3n) is 4.67. The Morgan fingerprint density at radius 2 is 1.76 bits per heavy atom. The molecule has 0 spiro atoms. The standard InChI is InChI=1S/C12H16O2.C9H18O4.C2H6.H2/c1-2-11(8-13)9-14-10-12-6-4-3-5-7-12;10-3-7-1-2-9(13-6-7)8(4-11)5-12;1-2;/h2-7,11,13H,1,8-10H2;7-12H,1-6H2;1-2H3;1H/i;;;1+1. The highest BCUT2D eigenvalue weighted by molar-refractivity contribution is 5.13. The zero-order valence-electron chi connectivity index (χ0n) is 17.9. The van der Waals surface area contributed by atoms with Crippen LogP contribution in [0.5, 0.6) is 0 Å². The first-order valence-corrected chi connectivity index (χ1v) is 10.5. The number of hydrogen-bond acceptors (Lipinski definition) is 6. The zero-order valence-corrected chi connectivity index (χ0v) is 17.9. The maximum Gasteiger partial charge on any atom is 0.0717 e. The molecule has 4 N–H and O–H groups in total. The molecule has 0 aromatic heterocycles.